The number of unbranched alkanes of at least 4 members (excludes halogenated alkanes) is 2. The van der Waals surface area contributed by atoms with Gasteiger partial charge in [-0.2, -0.15) is 0 Å². The lowest BCUT2D eigenvalue weighted by molar-refractivity contribution is 0.312. The van der Waals surface area contributed by atoms with Crippen molar-refractivity contribution < 1.29 is 0 Å². The molecule has 0 aromatic rings. The van der Waals surface area contributed by atoms with Crippen molar-refractivity contribution in [2.24, 2.45) is 16.3 Å². The quantitative estimate of drug-likeness (QED) is 0.389. The van der Waals surface area contributed by atoms with Crippen LogP contribution in [-0.2, 0) is 0 Å². The minimum absolute atomic E-state index is 0.336. The number of hydrogen-bond donors (Lipinski definition) is 2. The van der Waals surface area contributed by atoms with Gasteiger partial charge in [0.2, 0.25) is 0 Å². The van der Waals surface area contributed by atoms with Crippen molar-refractivity contribution in [1.29, 1.82) is 0 Å². The molecule has 2 fully saturated rings. The summed E-state index contributed by atoms with van der Waals surface area (Å²) in [6.45, 7) is 11.6. The van der Waals surface area contributed by atoms with Crippen LogP contribution in [0, 0.1) is 11.3 Å². The highest BCUT2D eigenvalue weighted by molar-refractivity contribution is 5.79. The third kappa shape index (κ3) is 6.70. The van der Waals surface area contributed by atoms with Gasteiger partial charge in [0.25, 0.3) is 0 Å². The van der Waals surface area contributed by atoms with E-state index in [0.29, 0.717) is 5.41 Å². The summed E-state index contributed by atoms with van der Waals surface area (Å²) < 4.78 is 0. The topological polar surface area (TPSA) is 39.7 Å². The maximum absolute atomic E-state index is 4.40. The molecule has 1 aliphatic heterocycles. The number of aliphatic imine (C=N–C) groups is 1. The molecule has 2 N–H and O–H groups in total. The minimum atomic E-state index is 0.336. The van der Waals surface area contributed by atoms with Crippen LogP contribution in [0.5, 0.6) is 0 Å². The van der Waals surface area contributed by atoms with E-state index in [4.69, 9.17) is 0 Å². The van der Waals surface area contributed by atoms with Gasteiger partial charge in [0, 0.05) is 32.7 Å². The SMILES string of the molecule is CCCCCC(C)(C)CNC(=NC)NCC1CCN(C2CC2)C1. The lowest BCUT2D eigenvalue weighted by Gasteiger charge is -2.26. The average Bonchev–Trinajstić information content (AvgIpc) is 3.27. The zero-order valence-corrected chi connectivity index (χ0v) is 15.8. The molecule has 2 aliphatic rings. The van der Waals surface area contributed by atoms with E-state index in [0.717, 1.165) is 31.0 Å². The molecule has 134 valence electrons. The van der Waals surface area contributed by atoms with Crippen molar-refractivity contribution in [3.8, 4) is 0 Å². The van der Waals surface area contributed by atoms with Crippen molar-refractivity contribution in [2.75, 3.05) is 33.2 Å². The zero-order chi connectivity index (χ0) is 16.7. The van der Waals surface area contributed by atoms with Crippen LogP contribution in [0.3, 0.4) is 0 Å². The van der Waals surface area contributed by atoms with E-state index in [-0.39, 0.29) is 0 Å². The van der Waals surface area contributed by atoms with Gasteiger partial charge >= 0.3 is 0 Å². The molecular formula is C19H38N4. The molecule has 1 heterocycles. The predicted molar refractivity (Wildman–Crippen MR) is 100.0 cm³/mol. The third-order valence-electron chi connectivity index (χ3n) is 5.35. The Morgan fingerprint density at radius 3 is 2.61 bits per heavy atom. The molecule has 2 rings (SSSR count). The van der Waals surface area contributed by atoms with Crippen LogP contribution in [-0.4, -0.2) is 50.1 Å². The molecule has 1 atom stereocenters. The molecule has 1 aliphatic carbocycles. The fourth-order valence-electron chi connectivity index (χ4n) is 3.53. The van der Waals surface area contributed by atoms with Gasteiger partial charge in [-0.1, -0.05) is 40.0 Å². The fraction of sp³-hybridized carbons (Fsp3) is 0.947. The number of hydrogen-bond acceptors (Lipinski definition) is 2. The second-order valence-electron chi connectivity index (χ2n) is 8.31. The molecule has 23 heavy (non-hydrogen) atoms. The van der Waals surface area contributed by atoms with E-state index in [9.17, 15) is 0 Å². The van der Waals surface area contributed by atoms with Gasteiger partial charge < -0.3 is 15.5 Å². The lowest BCUT2D eigenvalue weighted by atomic mass is 9.87. The van der Waals surface area contributed by atoms with Gasteiger partial charge in [-0.3, -0.25) is 4.99 Å². The van der Waals surface area contributed by atoms with Gasteiger partial charge in [-0.25, -0.2) is 0 Å². The molecular weight excluding hydrogens is 284 g/mol. The van der Waals surface area contributed by atoms with Crippen molar-refractivity contribution in [2.45, 2.75) is 71.8 Å². The van der Waals surface area contributed by atoms with E-state index in [2.05, 4.69) is 41.3 Å². The Hall–Kier alpha value is -0.770. The van der Waals surface area contributed by atoms with E-state index in [1.807, 2.05) is 7.05 Å². The molecule has 0 radical (unpaired) electrons. The molecule has 1 unspecified atom stereocenters. The second-order valence-corrected chi connectivity index (χ2v) is 8.31. The normalized spacial score (nSPS) is 23.3. The molecule has 1 saturated carbocycles. The number of rotatable bonds is 9. The van der Waals surface area contributed by atoms with Gasteiger partial charge in [0.15, 0.2) is 5.96 Å². The van der Waals surface area contributed by atoms with Crippen LogP contribution in [0.2, 0.25) is 0 Å². The zero-order valence-electron chi connectivity index (χ0n) is 15.8. The summed E-state index contributed by atoms with van der Waals surface area (Å²) in [7, 11) is 1.88. The maximum atomic E-state index is 4.40. The summed E-state index contributed by atoms with van der Waals surface area (Å²) in [4.78, 5) is 7.08. The van der Waals surface area contributed by atoms with E-state index in [1.54, 1.807) is 0 Å². The number of guanidine groups is 1. The summed E-state index contributed by atoms with van der Waals surface area (Å²) in [5.74, 6) is 1.75. The highest BCUT2D eigenvalue weighted by atomic mass is 15.2. The van der Waals surface area contributed by atoms with Gasteiger partial charge in [-0.05, 0) is 43.6 Å². The first-order valence-corrected chi connectivity index (χ1v) is 9.72. The molecule has 0 amide bonds. The Labute approximate surface area is 143 Å². The third-order valence-corrected chi connectivity index (χ3v) is 5.35. The Kier molecular flexibility index (Phi) is 7.19. The monoisotopic (exact) mass is 322 g/mol. The average molecular weight is 323 g/mol. The largest absolute Gasteiger partial charge is 0.356 e. The Balaban J connectivity index is 1.63. The summed E-state index contributed by atoms with van der Waals surface area (Å²) >= 11 is 0. The Morgan fingerprint density at radius 1 is 1.17 bits per heavy atom. The molecule has 4 heteroatoms. The van der Waals surface area contributed by atoms with Crippen LogP contribution in [0.25, 0.3) is 0 Å². The molecule has 0 aromatic carbocycles. The van der Waals surface area contributed by atoms with E-state index < -0.39 is 0 Å². The van der Waals surface area contributed by atoms with Gasteiger partial charge in [-0.15, -0.1) is 0 Å². The number of nitrogens with zero attached hydrogens (tertiary/aromatic N) is 2. The fourth-order valence-corrected chi connectivity index (χ4v) is 3.53. The van der Waals surface area contributed by atoms with Crippen LogP contribution in [0.15, 0.2) is 4.99 Å². The number of likely N-dealkylation sites (tertiary alicyclic amines) is 1. The number of nitrogens with one attached hydrogen (secondary N) is 2. The van der Waals surface area contributed by atoms with Gasteiger partial charge in [0.05, 0.1) is 0 Å². The highest BCUT2D eigenvalue weighted by Crippen LogP contribution is 2.31. The summed E-state index contributed by atoms with van der Waals surface area (Å²) in [6.07, 6.45) is 9.44. The lowest BCUT2D eigenvalue weighted by Crippen LogP contribution is -2.43. The van der Waals surface area contributed by atoms with Crippen molar-refractivity contribution >= 4 is 5.96 Å². The van der Waals surface area contributed by atoms with Crippen molar-refractivity contribution in [1.82, 2.24) is 15.5 Å². The van der Waals surface area contributed by atoms with Crippen LogP contribution in [0.1, 0.15) is 65.7 Å². The smallest absolute Gasteiger partial charge is 0.191 e. The predicted octanol–water partition coefficient (Wildman–Crippen LogP) is 3.24. The summed E-state index contributed by atoms with van der Waals surface area (Å²) in [6, 6.07) is 0.918. The van der Waals surface area contributed by atoms with E-state index >= 15 is 0 Å². The van der Waals surface area contributed by atoms with Crippen LogP contribution < -0.4 is 10.6 Å². The Bertz CT molecular complexity index is 374. The standard InChI is InChI=1S/C19H38N4/c1-5-6-7-11-19(2,3)15-22-18(20-4)21-13-16-10-12-23(14-16)17-8-9-17/h16-17H,5-15H2,1-4H3,(H2,20,21,22). The first kappa shape index (κ1) is 18.6. The van der Waals surface area contributed by atoms with Crippen molar-refractivity contribution in [3.05, 3.63) is 0 Å². The Morgan fingerprint density at radius 2 is 1.96 bits per heavy atom. The van der Waals surface area contributed by atoms with Gasteiger partial charge in [0.1, 0.15) is 0 Å². The molecule has 0 bridgehead atoms. The summed E-state index contributed by atoms with van der Waals surface area (Å²) in [5.41, 5.74) is 0.336. The van der Waals surface area contributed by atoms with Crippen LogP contribution in [0.4, 0.5) is 0 Å². The van der Waals surface area contributed by atoms with Crippen LogP contribution >= 0.6 is 0 Å². The molecule has 4 nitrogen and oxygen atoms in total. The van der Waals surface area contributed by atoms with E-state index in [1.165, 1.54) is 58.0 Å². The summed E-state index contributed by atoms with van der Waals surface area (Å²) in [5, 5.41) is 7.08. The second kappa shape index (κ2) is 8.91. The molecule has 0 aromatic heterocycles. The first-order chi connectivity index (χ1) is 11.0. The molecule has 0 spiro atoms. The maximum Gasteiger partial charge on any atom is 0.191 e. The minimum Gasteiger partial charge on any atom is -0.356 e. The highest BCUT2D eigenvalue weighted by Gasteiger charge is 2.34. The van der Waals surface area contributed by atoms with Crippen molar-refractivity contribution in [3.63, 3.8) is 0 Å². The molecule has 1 saturated heterocycles. The first-order valence-electron chi connectivity index (χ1n) is 9.72.